The van der Waals surface area contributed by atoms with Crippen LogP contribution in [0.4, 0.5) is 5.69 Å². The highest BCUT2D eigenvalue weighted by atomic mass is 16.6. The van der Waals surface area contributed by atoms with Gasteiger partial charge in [0.2, 0.25) is 0 Å². The second kappa shape index (κ2) is 7.05. The molecule has 0 spiro atoms. The monoisotopic (exact) mass is 393 g/mol. The molecule has 8 nitrogen and oxygen atoms in total. The van der Waals surface area contributed by atoms with Crippen molar-refractivity contribution >= 4 is 11.7 Å². The molecule has 2 aromatic carbocycles. The minimum atomic E-state index is -0.742. The average molecular weight is 393 g/mol. The normalized spacial score (nSPS) is 14.3. The molecule has 1 aromatic heterocycles. The van der Waals surface area contributed by atoms with Crippen LogP contribution in [0.3, 0.4) is 0 Å². The Morgan fingerprint density at radius 1 is 1.10 bits per heavy atom. The van der Waals surface area contributed by atoms with Gasteiger partial charge in [0.05, 0.1) is 36.2 Å². The standard InChI is InChI=1S/C21H19N3O5/c1-28-17-9-3-14(4-10-17)18-13-19(21(11-12-21)20(25)29-2)23(22-18)15-5-7-16(8-6-15)24(26)27/h3-10,13H,11-12H2,1-2H3. The number of nitro benzene ring substituents is 1. The maximum Gasteiger partial charge on any atom is 0.317 e. The van der Waals surface area contributed by atoms with Gasteiger partial charge in [-0.1, -0.05) is 0 Å². The van der Waals surface area contributed by atoms with E-state index in [1.807, 2.05) is 30.3 Å². The van der Waals surface area contributed by atoms with E-state index in [2.05, 4.69) is 0 Å². The SMILES string of the molecule is COC(=O)C1(c2cc(-c3ccc(OC)cc3)nn2-c2ccc([N+](=O)[O-])cc2)CC1. The minimum Gasteiger partial charge on any atom is -0.497 e. The third kappa shape index (κ3) is 3.22. The topological polar surface area (TPSA) is 96.5 Å². The first-order chi connectivity index (χ1) is 14.0. The van der Waals surface area contributed by atoms with E-state index in [9.17, 15) is 14.9 Å². The van der Waals surface area contributed by atoms with Gasteiger partial charge in [-0.3, -0.25) is 14.9 Å². The number of rotatable bonds is 6. The number of aromatic nitrogens is 2. The molecule has 3 aromatic rings. The first-order valence-corrected chi connectivity index (χ1v) is 9.07. The molecule has 0 N–H and O–H groups in total. The lowest BCUT2D eigenvalue weighted by Gasteiger charge is -2.15. The van der Waals surface area contributed by atoms with Crippen molar-refractivity contribution in [1.29, 1.82) is 0 Å². The Morgan fingerprint density at radius 2 is 1.76 bits per heavy atom. The van der Waals surface area contributed by atoms with Crippen molar-refractivity contribution in [3.8, 4) is 22.7 Å². The lowest BCUT2D eigenvalue weighted by atomic mass is 10.0. The number of carbonyl (C=O) groups excluding carboxylic acids is 1. The molecule has 0 aliphatic heterocycles. The van der Waals surface area contributed by atoms with Crippen molar-refractivity contribution in [2.75, 3.05) is 14.2 Å². The van der Waals surface area contributed by atoms with Crippen LogP contribution in [0, 0.1) is 10.1 Å². The number of benzene rings is 2. The van der Waals surface area contributed by atoms with Crippen LogP contribution >= 0.6 is 0 Å². The summed E-state index contributed by atoms with van der Waals surface area (Å²) >= 11 is 0. The zero-order valence-electron chi connectivity index (χ0n) is 16.0. The summed E-state index contributed by atoms with van der Waals surface area (Å²) in [5, 5.41) is 15.7. The Labute approximate surface area is 166 Å². The van der Waals surface area contributed by atoms with E-state index in [0.29, 0.717) is 29.9 Å². The molecule has 1 saturated carbocycles. The van der Waals surface area contributed by atoms with E-state index >= 15 is 0 Å². The number of hydrogen-bond acceptors (Lipinski definition) is 6. The van der Waals surface area contributed by atoms with E-state index < -0.39 is 10.3 Å². The molecule has 1 aliphatic carbocycles. The van der Waals surface area contributed by atoms with Crippen LogP contribution < -0.4 is 4.74 Å². The molecule has 0 amide bonds. The molecule has 8 heteroatoms. The quantitative estimate of drug-likeness (QED) is 0.360. The molecule has 148 valence electrons. The van der Waals surface area contributed by atoms with Crippen LogP contribution in [-0.2, 0) is 14.9 Å². The molecule has 1 heterocycles. The molecule has 1 fully saturated rings. The van der Waals surface area contributed by atoms with Crippen molar-refractivity contribution in [3.05, 3.63) is 70.4 Å². The van der Waals surface area contributed by atoms with E-state index in [1.165, 1.54) is 19.2 Å². The van der Waals surface area contributed by atoms with Crippen LogP contribution in [0.2, 0.25) is 0 Å². The molecular formula is C21H19N3O5. The predicted octanol–water partition coefficient (Wildman–Crippen LogP) is 3.66. The van der Waals surface area contributed by atoms with Gasteiger partial charge in [0.1, 0.15) is 11.2 Å². The molecule has 0 radical (unpaired) electrons. The Hall–Kier alpha value is -3.68. The Balaban J connectivity index is 1.83. The summed E-state index contributed by atoms with van der Waals surface area (Å²) in [5.74, 6) is 0.429. The molecule has 0 atom stereocenters. The Kier molecular flexibility index (Phi) is 4.54. The van der Waals surface area contributed by atoms with E-state index in [-0.39, 0.29) is 11.7 Å². The number of non-ortho nitro benzene ring substituents is 1. The van der Waals surface area contributed by atoms with Crippen LogP contribution in [-0.4, -0.2) is 34.9 Å². The van der Waals surface area contributed by atoms with Gasteiger partial charge in [-0.2, -0.15) is 5.10 Å². The van der Waals surface area contributed by atoms with Crippen LogP contribution in [0.1, 0.15) is 18.5 Å². The largest absolute Gasteiger partial charge is 0.497 e. The number of nitrogens with zero attached hydrogens (tertiary/aromatic N) is 3. The summed E-state index contributed by atoms with van der Waals surface area (Å²) < 4.78 is 11.9. The zero-order chi connectivity index (χ0) is 20.6. The fraction of sp³-hybridized carbons (Fsp3) is 0.238. The fourth-order valence-corrected chi connectivity index (χ4v) is 3.42. The van der Waals surface area contributed by atoms with Gasteiger partial charge < -0.3 is 9.47 Å². The minimum absolute atomic E-state index is 0.00747. The molecule has 0 saturated heterocycles. The highest BCUT2D eigenvalue weighted by Gasteiger charge is 2.55. The highest BCUT2D eigenvalue weighted by Crippen LogP contribution is 2.50. The molecule has 0 unspecified atom stereocenters. The summed E-state index contributed by atoms with van der Waals surface area (Å²) in [6.07, 6.45) is 1.33. The average Bonchev–Trinajstić information content (AvgIpc) is 3.45. The summed E-state index contributed by atoms with van der Waals surface area (Å²) in [6.45, 7) is 0. The molecule has 4 rings (SSSR count). The molecule has 1 aliphatic rings. The van der Waals surface area contributed by atoms with E-state index in [1.54, 1.807) is 23.9 Å². The second-order valence-corrected chi connectivity index (χ2v) is 6.90. The van der Waals surface area contributed by atoms with E-state index in [4.69, 9.17) is 14.6 Å². The summed E-state index contributed by atoms with van der Waals surface area (Å²) in [5.41, 5.74) is 2.16. The summed E-state index contributed by atoms with van der Waals surface area (Å²) in [6, 6.07) is 15.4. The number of methoxy groups -OCH3 is 2. The van der Waals surface area contributed by atoms with Crippen molar-refractivity contribution < 1.29 is 19.2 Å². The van der Waals surface area contributed by atoms with Gasteiger partial charge in [0.15, 0.2) is 0 Å². The van der Waals surface area contributed by atoms with Crippen LogP contribution in [0.25, 0.3) is 16.9 Å². The number of hydrogen-bond donors (Lipinski definition) is 0. The van der Waals surface area contributed by atoms with Gasteiger partial charge in [-0.05, 0) is 55.3 Å². The van der Waals surface area contributed by atoms with Gasteiger partial charge in [0.25, 0.3) is 5.69 Å². The number of nitro groups is 1. The fourth-order valence-electron chi connectivity index (χ4n) is 3.42. The molecule has 0 bridgehead atoms. The third-order valence-corrected chi connectivity index (χ3v) is 5.22. The number of carbonyl (C=O) groups is 1. The van der Waals surface area contributed by atoms with Crippen molar-refractivity contribution in [3.63, 3.8) is 0 Å². The molecular weight excluding hydrogens is 374 g/mol. The predicted molar refractivity (Wildman–Crippen MR) is 105 cm³/mol. The smallest absolute Gasteiger partial charge is 0.317 e. The van der Waals surface area contributed by atoms with Crippen molar-refractivity contribution in [2.24, 2.45) is 0 Å². The van der Waals surface area contributed by atoms with Crippen LogP contribution in [0.15, 0.2) is 54.6 Å². The third-order valence-electron chi connectivity index (χ3n) is 5.22. The van der Waals surface area contributed by atoms with Gasteiger partial charge in [0, 0.05) is 17.7 Å². The molecule has 29 heavy (non-hydrogen) atoms. The summed E-state index contributed by atoms with van der Waals surface area (Å²) in [4.78, 5) is 23.0. The maximum atomic E-state index is 12.5. The highest BCUT2D eigenvalue weighted by molar-refractivity contribution is 5.86. The van der Waals surface area contributed by atoms with Gasteiger partial charge >= 0.3 is 5.97 Å². The number of esters is 1. The Morgan fingerprint density at radius 3 is 2.28 bits per heavy atom. The van der Waals surface area contributed by atoms with Gasteiger partial charge in [-0.25, -0.2) is 4.68 Å². The lowest BCUT2D eigenvalue weighted by molar-refractivity contribution is -0.384. The van der Waals surface area contributed by atoms with Crippen molar-refractivity contribution in [1.82, 2.24) is 9.78 Å². The maximum absolute atomic E-state index is 12.5. The Bertz CT molecular complexity index is 1070. The van der Waals surface area contributed by atoms with Crippen LogP contribution in [0.5, 0.6) is 5.75 Å². The van der Waals surface area contributed by atoms with Gasteiger partial charge in [-0.15, -0.1) is 0 Å². The lowest BCUT2D eigenvalue weighted by Crippen LogP contribution is -2.25. The zero-order valence-corrected chi connectivity index (χ0v) is 16.0. The second-order valence-electron chi connectivity index (χ2n) is 6.90. The summed E-state index contributed by atoms with van der Waals surface area (Å²) in [7, 11) is 2.98. The van der Waals surface area contributed by atoms with Crippen molar-refractivity contribution in [2.45, 2.75) is 18.3 Å². The van der Waals surface area contributed by atoms with E-state index in [0.717, 1.165) is 11.3 Å². The first kappa shape index (κ1) is 18.7. The first-order valence-electron chi connectivity index (χ1n) is 9.07. The number of ether oxygens (including phenoxy) is 2.